The lowest BCUT2D eigenvalue weighted by Crippen LogP contribution is -2.33. The van der Waals surface area contributed by atoms with Gasteiger partial charge in [-0.15, -0.1) is 12.4 Å². The fourth-order valence-electron chi connectivity index (χ4n) is 2.08. The van der Waals surface area contributed by atoms with Crippen LogP contribution in [-0.2, 0) is 13.0 Å². The Morgan fingerprint density at radius 3 is 2.46 bits per heavy atom. The second kappa shape index (κ2) is 9.00. The van der Waals surface area contributed by atoms with Gasteiger partial charge in [-0.25, -0.2) is 0 Å². The Morgan fingerprint density at radius 2 is 1.88 bits per heavy atom. The molecule has 0 fully saturated rings. The van der Waals surface area contributed by atoms with Gasteiger partial charge in [0.1, 0.15) is 6.04 Å². The molecule has 134 valence electrons. The molecule has 0 aliphatic rings. The zero-order valence-electron chi connectivity index (χ0n) is 13.3. The molecule has 0 bridgehead atoms. The number of halogens is 4. The molecule has 0 aliphatic carbocycles. The standard InChI is InChI=1S/C15H19F3N4O.ClH/c1-10(19-2)8-12-21-13(23-22-12)9-20-14(15(16,17)18)11-6-4-3-5-7-11;/h3-7,10,14,19-20H,8-9H2,1-2H3;1H. The smallest absolute Gasteiger partial charge is 0.338 e. The molecule has 0 saturated heterocycles. The first-order chi connectivity index (χ1) is 10.9. The first kappa shape index (κ1) is 20.4. The predicted octanol–water partition coefficient (Wildman–Crippen LogP) is 3.04. The monoisotopic (exact) mass is 364 g/mol. The lowest BCUT2D eigenvalue weighted by molar-refractivity contribution is -0.158. The maximum Gasteiger partial charge on any atom is 0.407 e. The van der Waals surface area contributed by atoms with Crippen molar-refractivity contribution in [1.82, 2.24) is 20.8 Å². The summed E-state index contributed by atoms with van der Waals surface area (Å²) in [6, 6.07) is 6.04. The second-order valence-electron chi connectivity index (χ2n) is 5.26. The summed E-state index contributed by atoms with van der Waals surface area (Å²) in [5.74, 6) is 0.598. The molecule has 5 nitrogen and oxygen atoms in total. The van der Waals surface area contributed by atoms with E-state index in [1.54, 1.807) is 25.2 Å². The number of aromatic nitrogens is 2. The van der Waals surface area contributed by atoms with Crippen molar-refractivity contribution >= 4 is 12.4 Å². The molecule has 2 rings (SSSR count). The van der Waals surface area contributed by atoms with Crippen LogP contribution >= 0.6 is 12.4 Å². The lowest BCUT2D eigenvalue weighted by Gasteiger charge is -2.21. The zero-order chi connectivity index (χ0) is 16.9. The van der Waals surface area contributed by atoms with E-state index in [2.05, 4.69) is 20.8 Å². The average molecular weight is 365 g/mol. The van der Waals surface area contributed by atoms with Crippen LogP contribution in [0.1, 0.15) is 30.2 Å². The van der Waals surface area contributed by atoms with Gasteiger partial charge < -0.3 is 9.84 Å². The highest BCUT2D eigenvalue weighted by Gasteiger charge is 2.40. The van der Waals surface area contributed by atoms with Crippen molar-refractivity contribution in [3.8, 4) is 0 Å². The first-order valence-electron chi connectivity index (χ1n) is 7.24. The maximum absolute atomic E-state index is 13.2. The molecular weight excluding hydrogens is 345 g/mol. The number of rotatable bonds is 7. The molecule has 0 saturated carbocycles. The van der Waals surface area contributed by atoms with Gasteiger partial charge in [-0.1, -0.05) is 35.5 Å². The van der Waals surface area contributed by atoms with E-state index in [1.807, 2.05) is 6.92 Å². The normalized spacial score (nSPS) is 14.0. The lowest BCUT2D eigenvalue weighted by atomic mass is 10.1. The number of nitrogens with zero attached hydrogens (tertiary/aromatic N) is 2. The van der Waals surface area contributed by atoms with Gasteiger partial charge in [0, 0.05) is 12.5 Å². The van der Waals surface area contributed by atoms with E-state index in [4.69, 9.17) is 4.52 Å². The largest absolute Gasteiger partial charge is 0.407 e. The van der Waals surface area contributed by atoms with E-state index >= 15 is 0 Å². The van der Waals surface area contributed by atoms with Crippen molar-refractivity contribution in [2.75, 3.05) is 7.05 Å². The van der Waals surface area contributed by atoms with Crippen LogP contribution in [0.25, 0.3) is 0 Å². The summed E-state index contributed by atoms with van der Waals surface area (Å²) in [6.45, 7) is 1.80. The molecule has 0 aliphatic heterocycles. The van der Waals surface area contributed by atoms with E-state index < -0.39 is 12.2 Å². The van der Waals surface area contributed by atoms with E-state index in [0.717, 1.165) is 0 Å². The van der Waals surface area contributed by atoms with Gasteiger partial charge in [-0.05, 0) is 19.5 Å². The Hall–Kier alpha value is -1.64. The van der Waals surface area contributed by atoms with Gasteiger partial charge in [-0.3, -0.25) is 5.32 Å². The van der Waals surface area contributed by atoms with Crippen LogP contribution in [0.3, 0.4) is 0 Å². The minimum absolute atomic E-state index is 0. The SMILES string of the molecule is CNC(C)Cc1noc(CNC(c2ccccc2)C(F)(F)F)n1.Cl. The molecule has 2 N–H and O–H groups in total. The topological polar surface area (TPSA) is 63.0 Å². The summed E-state index contributed by atoms with van der Waals surface area (Å²) < 4.78 is 44.6. The molecule has 2 unspecified atom stereocenters. The Balaban J connectivity index is 0.00000288. The molecule has 9 heteroatoms. The third-order valence-corrected chi connectivity index (χ3v) is 3.41. The van der Waals surface area contributed by atoms with Crippen LogP contribution in [0.15, 0.2) is 34.9 Å². The van der Waals surface area contributed by atoms with Crippen LogP contribution in [-0.4, -0.2) is 29.4 Å². The summed E-state index contributed by atoms with van der Waals surface area (Å²) in [5.41, 5.74) is 0.142. The van der Waals surface area contributed by atoms with E-state index in [-0.39, 0.29) is 36.4 Å². The van der Waals surface area contributed by atoms with Crippen LogP contribution < -0.4 is 10.6 Å². The number of hydrogen-bond donors (Lipinski definition) is 2. The maximum atomic E-state index is 13.2. The van der Waals surface area contributed by atoms with Crippen molar-refractivity contribution in [3.63, 3.8) is 0 Å². The van der Waals surface area contributed by atoms with Crippen LogP contribution in [0.5, 0.6) is 0 Å². The molecule has 0 amide bonds. The molecule has 0 radical (unpaired) electrons. The Morgan fingerprint density at radius 1 is 1.21 bits per heavy atom. The van der Waals surface area contributed by atoms with Crippen molar-refractivity contribution in [1.29, 1.82) is 0 Å². The summed E-state index contributed by atoms with van der Waals surface area (Å²) in [5, 5.41) is 9.23. The zero-order valence-corrected chi connectivity index (χ0v) is 14.1. The summed E-state index contributed by atoms with van der Waals surface area (Å²) in [6.07, 6.45) is -3.87. The molecule has 1 aromatic carbocycles. The Labute approximate surface area is 144 Å². The summed E-state index contributed by atoms with van der Waals surface area (Å²) >= 11 is 0. The van der Waals surface area contributed by atoms with Crippen LogP contribution in [0, 0.1) is 0 Å². The van der Waals surface area contributed by atoms with Crippen molar-refractivity contribution in [2.45, 2.75) is 38.1 Å². The Bertz CT molecular complexity index is 606. The number of hydrogen-bond acceptors (Lipinski definition) is 5. The first-order valence-corrected chi connectivity index (χ1v) is 7.24. The predicted molar refractivity (Wildman–Crippen MR) is 85.8 cm³/mol. The molecule has 1 heterocycles. The quantitative estimate of drug-likeness (QED) is 0.790. The van der Waals surface area contributed by atoms with Gasteiger partial charge in [0.15, 0.2) is 5.82 Å². The van der Waals surface area contributed by atoms with Crippen molar-refractivity contribution in [2.24, 2.45) is 0 Å². The van der Waals surface area contributed by atoms with Crippen molar-refractivity contribution in [3.05, 3.63) is 47.6 Å². The van der Waals surface area contributed by atoms with Crippen LogP contribution in [0.4, 0.5) is 13.2 Å². The molecule has 24 heavy (non-hydrogen) atoms. The van der Waals surface area contributed by atoms with E-state index in [1.165, 1.54) is 12.1 Å². The van der Waals surface area contributed by atoms with Crippen molar-refractivity contribution < 1.29 is 17.7 Å². The molecule has 1 aromatic heterocycles. The van der Waals surface area contributed by atoms with E-state index in [0.29, 0.717) is 12.2 Å². The molecule has 2 aromatic rings. The highest BCUT2D eigenvalue weighted by atomic mass is 35.5. The van der Waals surface area contributed by atoms with Gasteiger partial charge in [-0.2, -0.15) is 18.2 Å². The fourth-order valence-corrected chi connectivity index (χ4v) is 2.08. The van der Waals surface area contributed by atoms with Crippen LogP contribution in [0.2, 0.25) is 0 Å². The Kier molecular flexibility index (Phi) is 7.65. The molecule has 0 spiro atoms. The fraction of sp³-hybridized carbons (Fsp3) is 0.467. The van der Waals surface area contributed by atoms with Gasteiger partial charge in [0.25, 0.3) is 0 Å². The second-order valence-corrected chi connectivity index (χ2v) is 5.26. The number of nitrogens with one attached hydrogen (secondary N) is 2. The highest BCUT2D eigenvalue weighted by Crippen LogP contribution is 2.32. The number of likely N-dealkylation sites (N-methyl/N-ethyl adjacent to an activating group) is 1. The average Bonchev–Trinajstić information content (AvgIpc) is 2.94. The van der Waals surface area contributed by atoms with E-state index in [9.17, 15) is 13.2 Å². The molecule has 2 atom stereocenters. The third-order valence-electron chi connectivity index (χ3n) is 3.41. The molecular formula is C15H20ClF3N4O. The third kappa shape index (κ3) is 5.77. The number of benzene rings is 1. The minimum Gasteiger partial charge on any atom is -0.338 e. The summed E-state index contributed by atoms with van der Waals surface area (Å²) in [7, 11) is 1.81. The van der Waals surface area contributed by atoms with Gasteiger partial charge >= 0.3 is 6.18 Å². The van der Waals surface area contributed by atoms with Gasteiger partial charge in [0.05, 0.1) is 6.54 Å². The summed E-state index contributed by atoms with van der Waals surface area (Å²) in [4.78, 5) is 4.10. The minimum atomic E-state index is -4.41. The number of alkyl halides is 3. The highest BCUT2D eigenvalue weighted by molar-refractivity contribution is 5.85. The van der Waals surface area contributed by atoms with Gasteiger partial charge in [0.2, 0.25) is 5.89 Å².